The van der Waals surface area contributed by atoms with Crippen molar-refractivity contribution in [1.82, 2.24) is 10.2 Å². The standard InChI is InChI=1S/C17H22N2O2/c20-14-6-8-15-7-2-3-9-16(15)17(21)18-10-13-19-11-4-1-5-12-19/h2-3,7,9,20H,1,4-5,10-14H2,(H,18,21). The van der Waals surface area contributed by atoms with Gasteiger partial charge in [-0.1, -0.05) is 30.4 Å². The highest BCUT2D eigenvalue weighted by Crippen LogP contribution is 2.08. The van der Waals surface area contributed by atoms with Crippen molar-refractivity contribution in [1.29, 1.82) is 0 Å². The van der Waals surface area contributed by atoms with Gasteiger partial charge >= 0.3 is 0 Å². The lowest BCUT2D eigenvalue weighted by molar-refractivity contribution is 0.0946. The Kier molecular flexibility index (Phi) is 6.26. The third-order valence-electron chi connectivity index (χ3n) is 3.64. The number of hydrogen-bond acceptors (Lipinski definition) is 3. The summed E-state index contributed by atoms with van der Waals surface area (Å²) in [5, 5.41) is 11.7. The number of benzene rings is 1. The molecule has 21 heavy (non-hydrogen) atoms. The van der Waals surface area contributed by atoms with E-state index in [0.717, 1.165) is 19.6 Å². The summed E-state index contributed by atoms with van der Waals surface area (Å²) in [6, 6.07) is 7.22. The molecule has 1 amide bonds. The minimum Gasteiger partial charge on any atom is -0.384 e. The molecule has 1 aliphatic rings. The van der Waals surface area contributed by atoms with Crippen LogP contribution in [0.15, 0.2) is 24.3 Å². The molecule has 0 aliphatic carbocycles. The molecule has 0 spiro atoms. The third kappa shape index (κ3) is 4.89. The number of nitrogens with one attached hydrogen (secondary N) is 1. The van der Waals surface area contributed by atoms with Crippen molar-refractivity contribution in [3.63, 3.8) is 0 Å². The number of aliphatic hydroxyl groups excluding tert-OH is 1. The lowest BCUT2D eigenvalue weighted by Crippen LogP contribution is -2.37. The first-order valence-electron chi connectivity index (χ1n) is 7.50. The Labute approximate surface area is 126 Å². The maximum absolute atomic E-state index is 12.2. The van der Waals surface area contributed by atoms with Gasteiger partial charge in [0.05, 0.1) is 5.56 Å². The Bertz CT molecular complexity index is 525. The molecule has 112 valence electrons. The molecule has 0 saturated carbocycles. The van der Waals surface area contributed by atoms with Crippen LogP contribution in [0.4, 0.5) is 0 Å². The van der Waals surface area contributed by atoms with Gasteiger partial charge in [-0.2, -0.15) is 0 Å². The van der Waals surface area contributed by atoms with Crippen molar-refractivity contribution >= 4 is 5.91 Å². The van der Waals surface area contributed by atoms with Gasteiger partial charge in [0.2, 0.25) is 0 Å². The smallest absolute Gasteiger partial charge is 0.252 e. The topological polar surface area (TPSA) is 52.6 Å². The lowest BCUT2D eigenvalue weighted by atomic mass is 10.1. The molecular weight excluding hydrogens is 264 g/mol. The summed E-state index contributed by atoms with van der Waals surface area (Å²) in [6.07, 6.45) is 3.83. The minimum atomic E-state index is -0.203. The second-order valence-corrected chi connectivity index (χ2v) is 5.16. The SMILES string of the molecule is O=C(NCCN1CCCCC1)c1ccccc1C#CCO. The molecule has 1 fully saturated rings. The first-order chi connectivity index (χ1) is 10.3. The number of hydrogen-bond donors (Lipinski definition) is 2. The summed E-state index contributed by atoms with van der Waals surface area (Å²) >= 11 is 0. The summed E-state index contributed by atoms with van der Waals surface area (Å²) in [6.45, 7) is 3.62. The van der Waals surface area contributed by atoms with E-state index in [9.17, 15) is 4.79 Å². The van der Waals surface area contributed by atoms with Crippen molar-refractivity contribution in [2.45, 2.75) is 19.3 Å². The van der Waals surface area contributed by atoms with Crippen LogP contribution in [0.1, 0.15) is 35.2 Å². The van der Waals surface area contributed by atoms with Gasteiger partial charge in [0.25, 0.3) is 5.91 Å². The first-order valence-corrected chi connectivity index (χ1v) is 7.50. The van der Waals surface area contributed by atoms with Crippen LogP contribution in [0, 0.1) is 11.8 Å². The van der Waals surface area contributed by atoms with Gasteiger partial charge in [0.1, 0.15) is 6.61 Å². The molecule has 4 heteroatoms. The second-order valence-electron chi connectivity index (χ2n) is 5.16. The van der Waals surface area contributed by atoms with Crippen molar-refractivity contribution in [3.8, 4) is 11.8 Å². The maximum atomic E-state index is 12.2. The lowest BCUT2D eigenvalue weighted by Gasteiger charge is -2.26. The molecule has 0 bridgehead atoms. The van der Waals surface area contributed by atoms with Crippen LogP contribution >= 0.6 is 0 Å². The molecule has 0 atom stereocenters. The monoisotopic (exact) mass is 286 g/mol. The molecule has 1 saturated heterocycles. The average molecular weight is 286 g/mol. The van der Waals surface area contributed by atoms with Crippen LogP contribution < -0.4 is 5.32 Å². The van der Waals surface area contributed by atoms with Crippen molar-refractivity contribution in [2.24, 2.45) is 0 Å². The van der Waals surface area contributed by atoms with Crippen LogP contribution in [-0.4, -0.2) is 48.7 Å². The molecular formula is C17H22N2O2. The van der Waals surface area contributed by atoms with E-state index < -0.39 is 0 Å². The zero-order valence-corrected chi connectivity index (χ0v) is 12.3. The third-order valence-corrected chi connectivity index (χ3v) is 3.64. The van der Waals surface area contributed by atoms with Crippen molar-refractivity contribution in [2.75, 3.05) is 32.8 Å². The highest BCUT2D eigenvalue weighted by Gasteiger charge is 2.12. The predicted molar refractivity (Wildman–Crippen MR) is 83.0 cm³/mol. The number of carbonyl (C=O) groups is 1. The molecule has 0 unspecified atom stereocenters. The quantitative estimate of drug-likeness (QED) is 0.819. The van der Waals surface area contributed by atoms with E-state index in [2.05, 4.69) is 22.1 Å². The van der Waals surface area contributed by atoms with Crippen molar-refractivity contribution < 1.29 is 9.90 Å². The summed E-state index contributed by atoms with van der Waals surface area (Å²) in [7, 11) is 0. The molecule has 1 aliphatic heterocycles. The summed E-state index contributed by atoms with van der Waals surface area (Å²) in [5.41, 5.74) is 1.22. The predicted octanol–water partition coefficient (Wildman–Crippen LogP) is 1.25. The average Bonchev–Trinajstić information content (AvgIpc) is 2.54. The number of likely N-dealkylation sites (tertiary alicyclic amines) is 1. The zero-order valence-electron chi connectivity index (χ0n) is 12.3. The van der Waals surface area contributed by atoms with E-state index in [1.807, 2.05) is 12.1 Å². The normalized spacial score (nSPS) is 15.1. The van der Waals surface area contributed by atoms with E-state index in [1.165, 1.54) is 19.3 Å². The number of aliphatic hydroxyl groups is 1. The van der Waals surface area contributed by atoms with E-state index in [0.29, 0.717) is 17.7 Å². The molecule has 2 N–H and O–H groups in total. The molecule has 1 heterocycles. The van der Waals surface area contributed by atoms with Gasteiger partial charge in [0, 0.05) is 18.7 Å². The van der Waals surface area contributed by atoms with Gasteiger partial charge in [-0.05, 0) is 38.1 Å². The summed E-state index contributed by atoms with van der Waals surface area (Å²) in [5.74, 6) is 5.30. The zero-order chi connectivity index (χ0) is 14.9. The number of amides is 1. The molecule has 1 aromatic carbocycles. The van der Waals surface area contributed by atoms with Crippen molar-refractivity contribution in [3.05, 3.63) is 35.4 Å². The van der Waals surface area contributed by atoms with Crippen LogP contribution in [-0.2, 0) is 0 Å². The number of carbonyl (C=O) groups excluding carboxylic acids is 1. The Balaban J connectivity index is 1.88. The Morgan fingerprint density at radius 2 is 2.00 bits per heavy atom. The first kappa shape index (κ1) is 15.6. The van der Waals surface area contributed by atoms with Crippen LogP contribution in [0.2, 0.25) is 0 Å². The minimum absolute atomic E-state index is 0.102. The van der Waals surface area contributed by atoms with Gasteiger partial charge < -0.3 is 15.3 Å². The van der Waals surface area contributed by atoms with E-state index in [-0.39, 0.29) is 12.5 Å². The molecule has 4 nitrogen and oxygen atoms in total. The van der Waals surface area contributed by atoms with Gasteiger partial charge in [-0.3, -0.25) is 4.79 Å². The van der Waals surface area contributed by atoms with Crippen LogP contribution in [0.25, 0.3) is 0 Å². The largest absolute Gasteiger partial charge is 0.384 e. The maximum Gasteiger partial charge on any atom is 0.252 e. The van der Waals surface area contributed by atoms with E-state index in [4.69, 9.17) is 5.11 Å². The Hall–Kier alpha value is -1.83. The van der Waals surface area contributed by atoms with Gasteiger partial charge in [-0.25, -0.2) is 0 Å². The molecule has 0 radical (unpaired) electrons. The Morgan fingerprint density at radius 3 is 2.76 bits per heavy atom. The Morgan fingerprint density at radius 1 is 1.24 bits per heavy atom. The number of nitrogens with zero attached hydrogens (tertiary/aromatic N) is 1. The molecule has 1 aromatic rings. The summed E-state index contributed by atoms with van der Waals surface area (Å²) in [4.78, 5) is 14.6. The summed E-state index contributed by atoms with van der Waals surface area (Å²) < 4.78 is 0. The molecule has 0 aromatic heterocycles. The molecule has 2 rings (SSSR count). The fourth-order valence-electron chi connectivity index (χ4n) is 2.53. The van der Waals surface area contributed by atoms with E-state index >= 15 is 0 Å². The second kappa shape index (κ2) is 8.46. The number of piperidine rings is 1. The van der Waals surface area contributed by atoms with Crippen LogP contribution in [0.5, 0.6) is 0 Å². The highest BCUT2D eigenvalue weighted by atomic mass is 16.2. The fourth-order valence-corrected chi connectivity index (χ4v) is 2.53. The van der Waals surface area contributed by atoms with Gasteiger partial charge in [-0.15, -0.1) is 0 Å². The highest BCUT2D eigenvalue weighted by molar-refractivity contribution is 5.96. The fraction of sp³-hybridized carbons (Fsp3) is 0.471. The van der Waals surface area contributed by atoms with Crippen LogP contribution in [0.3, 0.4) is 0 Å². The van der Waals surface area contributed by atoms with E-state index in [1.54, 1.807) is 12.1 Å². The number of rotatable bonds is 4. The van der Waals surface area contributed by atoms with Gasteiger partial charge in [0.15, 0.2) is 0 Å².